The van der Waals surface area contributed by atoms with Crippen LogP contribution in [-0.4, -0.2) is 41.4 Å². The molecule has 1 aromatic rings. The van der Waals surface area contributed by atoms with Crippen LogP contribution in [0, 0.1) is 0 Å². The van der Waals surface area contributed by atoms with Crippen molar-refractivity contribution >= 4 is 24.2 Å². The van der Waals surface area contributed by atoms with E-state index in [9.17, 15) is 9.59 Å². The summed E-state index contributed by atoms with van der Waals surface area (Å²) in [5, 5.41) is 2.92. The lowest BCUT2D eigenvalue weighted by atomic mass is 10.1. The van der Waals surface area contributed by atoms with E-state index >= 15 is 0 Å². The first kappa shape index (κ1) is 16.8. The molecule has 5 nitrogen and oxygen atoms in total. The van der Waals surface area contributed by atoms with E-state index in [2.05, 4.69) is 5.32 Å². The van der Waals surface area contributed by atoms with Gasteiger partial charge in [-0.2, -0.15) is 0 Å². The van der Waals surface area contributed by atoms with Crippen LogP contribution in [-0.2, 0) is 16.0 Å². The van der Waals surface area contributed by atoms with Crippen molar-refractivity contribution in [2.75, 3.05) is 6.54 Å². The molecule has 1 unspecified atom stereocenters. The van der Waals surface area contributed by atoms with Gasteiger partial charge in [-0.3, -0.25) is 9.59 Å². The van der Waals surface area contributed by atoms with Crippen molar-refractivity contribution in [1.82, 2.24) is 10.2 Å². The molecule has 2 fully saturated rings. The molecule has 3 rings (SSSR count). The van der Waals surface area contributed by atoms with Gasteiger partial charge in [-0.15, -0.1) is 12.4 Å². The topological polar surface area (TPSA) is 75.4 Å². The Labute approximate surface area is 136 Å². The second-order valence-electron chi connectivity index (χ2n) is 5.98. The lowest BCUT2D eigenvalue weighted by Crippen LogP contribution is -2.47. The van der Waals surface area contributed by atoms with Crippen LogP contribution in [0.25, 0.3) is 0 Å². The van der Waals surface area contributed by atoms with Gasteiger partial charge < -0.3 is 16.0 Å². The van der Waals surface area contributed by atoms with E-state index in [4.69, 9.17) is 5.73 Å². The second-order valence-corrected chi connectivity index (χ2v) is 5.98. The van der Waals surface area contributed by atoms with Gasteiger partial charge in [0.1, 0.15) is 0 Å². The Morgan fingerprint density at radius 1 is 1.32 bits per heavy atom. The molecule has 0 bridgehead atoms. The summed E-state index contributed by atoms with van der Waals surface area (Å²) >= 11 is 0. The molecule has 2 atom stereocenters. The smallest absolute Gasteiger partial charge is 0.237 e. The third kappa shape index (κ3) is 3.99. The van der Waals surface area contributed by atoms with Crippen molar-refractivity contribution in [2.45, 2.75) is 43.8 Å². The standard InChI is InChI=1S/C16H21N3O2.ClH/c17-14(8-11-4-2-1-3-5-11)16(21)18-12-9-15(20)19(10-12)13-6-7-13;/h1-5,12-14H,6-10,17H2,(H,18,21);1H/t12?,14-;/m0./s1. The van der Waals surface area contributed by atoms with Crippen LogP contribution in [0.5, 0.6) is 0 Å². The third-order valence-corrected chi connectivity index (χ3v) is 4.13. The largest absolute Gasteiger partial charge is 0.350 e. The number of hydrogen-bond acceptors (Lipinski definition) is 3. The Kier molecular flexibility index (Phi) is 5.42. The van der Waals surface area contributed by atoms with Gasteiger partial charge >= 0.3 is 0 Å². The molecule has 3 N–H and O–H groups in total. The van der Waals surface area contributed by atoms with E-state index in [1.165, 1.54) is 0 Å². The average Bonchev–Trinajstić information content (AvgIpc) is 3.24. The van der Waals surface area contributed by atoms with Crippen molar-refractivity contribution in [3.63, 3.8) is 0 Å². The molecule has 0 spiro atoms. The molecular formula is C16H22ClN3O2. The molecule has 1 saturated carbocycles. The molecule has 0 radical (unpaired) electrons. The van der Waals surface area contributed by atoms with E-state index in [0.29, 0.717) is 25.4 Å². The van der Waals surface area contributed by atoms with Gasteiger partial charge in [0, 0.05) is 19.0 Å². The normalized spacial score (nSPS) is 22.1. The number of hydrogen-bond donors (Lipinski definition) is 2. The molecule has 1 aliphatic heterocycles. The number of nitrogens with one attached hydrogen (secondary N) is 1. The number of halogens is 1. The van der Waals surface area contributed by atoms with Crippen molar-refractivity contribution < 1.29 is 9.59 Å². The van der Waals surface area contributed by atoms with Gasteiger partial charge in [-0.1, -0.05) is 30.3 Å². The summed E-state index contributed by atoms with van der Waals surface area (Å²) in [5.74, 6) is -0.0197. The summed E-state index contributed by atoms with van der Waals surface area (Å²) in [6.45, 7) is 0.632. The molecule has 2 aliphatic rings. The monoisotopic (exact) mass is 323 g/mol. The molecular weight excluding hydrogens is 302 g/mol. The summed E-state index contributed by atoms with van der Waals surface area (Å²) in [7, 11) is 0. The summed E-state index contributed by atoms with van der Waals surface area (Å²) in [6, 6.07) is 9.47. The number of nitrogens with zero attached hydrogens (tertiary/aromatic N) is 1. The number of carbonyl (C=O) groups excluding carboxylic acids is 2. The van der Waals surface area contributed by atoms with Gasteiger partial charge in [-0.05, 0) is 24.8 Å². The van der Waals surface area contributed by atoms with Crippen molar-refractivity contribution in [2.24, 2.45) is 5.73 Å². The number of likely N-dealkylation sites (tertiary alicyclic amines) is 1. The minimum absolute atomic E-state index is 0. The Morgan fingerprint density at radius 3 is 2.64 bits per heavy atom. The molecule has 120 valence electrons. The average molecular weight is 324 g/mol. The highest BCUT2D eigenvalue weighted by molar-refractivity contribution is 5.85. The van der Waals surface area contributed by atoms with Crippen LogP contribution >= 0.6 is 12.4 Å². The Hall–Kier alpha value is -1.59. The molecule has 1 aromatic carbocycles. The van der Waals surface area contributed by atoms with Gasteiger partial charge in [0.15, 0.2) is 0 Å². The number of rotatable bonds is 5. The molecule has 22 heavy (non-hydrogen) atoms. The highest BCUT2D eigenvalue weighted by atomic mass is 35.5. The molecule has 0 aromatic heterocycles. The van der Waals surface area contributed by atoms with Gasteiger partial charge in [0.2, 0.25) is 11.8 Å². The van der Waals surface area contributed by atoms with Gasteiger partial charge in [-0.25, -0.2) is 0 Å². The zero-order chi connectivity index (χ0) is 14.8. The first-order valence-electron chi connectivity index (χ1n) is 7.53. The molecule has 6 heteroatoms. The number of amides is 2. The summed E-state index contributed by atoms with van der Waals surface area (Å²) in [4.78, 5) is 25.9. The quantitative estimate of drug-likeness (QED) is 0.844. The third-order valence-electron chi connectivity index (χ3n) is 4.13. The number of benzene rings is 1. The Balaban J connectivity index is 0.00000176. The van der Waals surface area contributed by atoms with E-state index < -0.39 is 6.04 Å². The predicted octanol–water partition coefficient (Wildman–Crippen LogP) is 0.858. The number of carbonyl (C=O) groups is 2. The van der Waals surface area contributed by atoms with E-state index in [-0.39, 0.29) is 30.3 Å². The van der Waals surface area contributed by atoms with Crippen molar-refractivity contribution in [3.8, 4) is 0 Å². The van der Waals surface area contributed by atoms with Crippen molar-refractivity contribution in [1.29, 1.82) is 0 Å². The molecule has 1 heterocycles. The minimum Gasteiger partial charge on any atom is -0.350 e. The first-order chi connectivity index (χ1) is 10.1. The lowest BCUT2D eigenvalue weighted by molar-refractivity contribution is -0.128. The fourth-order valence-electron chi connectivity index (χ4n) is 2.84. The molecule has 2 amide bonds. The Bertz CT molecular complexity index is 533. The van der Waals surface area contributed by atoms with Crippen LogP contribution in [0.2, 0.25) is 0 Å². The molecule has 1 aliphatic carbocycles. The van der Waals surface area contributed by atoms with E-state index in [1.54, 1.807) is 0 Å². The Morgan fingerprint density at radius 2 is 2.00 bits per heavy atom. The van der Waals surface area contributed by atoms with Crippen LogP contribution in [0.4, 0.5) is 0 Å². The summed E-state index contributed by atoms with van der Waals surface area (Å²) in [5.41, 5.74) is 7.00. The fourth-order valence-corrected chi connectivity index (χ4v) is 2.84. The maximum absolute atomic E-state index is 12.1. The van der Waals surface area contributed by atoms with Crippen LogP contribution in [0.3, 0.4) is 0 Å². The highest BCUT2D eigenvalue weighted by Gasteiger charge is 2.39. The predicted molar refractivity (Wildman–Crippen MR) is 86.7 cm³/mol. The molecule has 1 saturated heterocycles. The SMILES string of the molecule is Cl.N[C@@H](Cc1ccccc1)C(=O)NC1CC(=O)N(C2CC2)C1. The van der Waals surface area contributed by atoms with E-state index in [1.807, 2.05) is 35.2 Å². The first-order valence-corrected chi connectivity index (χ1v) is 7.53. The maximum Gasteiger partial charge on any atom is 0.237 e. The van der Waals surface area contributed by atoms with E-state index in [0.717, 1.165) is 18.4 Å². The minimum atomic E-state index is -0.572. The van der Waals surface area contributed by atoms with Crippen molar-refractivity contribution in [3.05, 3.63) is 35.9 Å². The highest BCUT2D eigenvalue weighted by Crippen LogP contribution is 2.30. The number of nitrogens with two attached hydrogens (primary N) is 1. The summed E-state index contributed by atoms with van der Waals surface area (Å²) < 4.78 is 0. The second kappa shape index (κ2) is 7.11. The van der Waals surface area contributed by atoms with Gasteiger partial charge in [0.05, 0.1) is 12.1 Å². The zero-order valence-electron chi connectivity index (χ0n) is 12.4. The van der Waals surface area contributed by atoms with Crippen LogP contribution in [0.1, 0.15) is 24.8 Å². The van der Waals surface area contributed by atoms with Gasteiger partial charge in [0.25, 0.3) is 0 Å². The lowest BCUT2D eigenvalue weighted by Gasteiger charge is -2.18. The zero-order valence-corrected chi connectivity index (χ0v) is 13.2. The fraction of sp³-hybridized carbons (Fsp3) is 0.500. The van der Waals surface area contributed by atoms with Crippen LogP contribution < -0.4 is 11.1 Å². The summed E-state index contributed by atoms with van der Waals surface area (Å²) in [6.07, 6.45) is 3.11. The maximum atomic E-state index is 12.1. The van der Waals surface area contributed by atoms with Crippen LogP contribution in [0.15, 0.2) is 30.3 Å².